The monoisotopic (exact) mass is 549 g/mol. The molecular formula is C30H35N3O5S. The highest BCUT2D eigenvalue weighted by molar-refractivity contribution is 8.00. The Bertz CT molecular complexity index is 1300. The molecule has 0 bridgehead atoms. The molecule has 9 heteroatoms. The molecule has 206 valence electrons. The number of thioether (sulfide) groups is 1. The molecular weight excluding hydrogens is 514 g/mol. The van der Waals surface area contributed by atoms with E-state index in [4.69, 9.17) is 24.7 Å². The van der Waals surface area contributed by atoms with Gasteiger partial charge in [-0.05, 0) is 43.7 Å². The Hall–Kier alpha value is -3.40. The van der Waals surface area contributed by atoms with Crippen molar-refractivity contribution in [3.63, 3.8) is 0 Å². The second-order valence-corrected chi connectivity index (χ2v) is 10.7. The molecule has 0 spiro atoms. The number of aryl methyl sites for hydroxylation is 1. The summed E-state index contributed by atoms with van der Waals surface area (Å²) in [6, 6.07) is 19.7. The molecule has 0 aliphatic carbocycles. The number of fused-ring (bicyclic) bond motifs is 2. The Kier molecular flexibility index (Phi) is 8.81. The predicted molar refractivity (Wildman–Crippen MR) is 153 cm³/mol. The minimum atomic E-state index is -0.345. The van der Waals surface area contributed by atoms with Gasteiger partial charge in [-0.1, -0.05) is 29.8 Å². The third-order valence-corrected chi connectivity index (χ3v) is 8.11. The molecule has 1 amide bonds. The van der Waals surface area contributed by atoms with Gasteiger partial charge in [-0.15, -0.1) is 11.8 Å². The molecule has 1 atom stereocenters. The van der Waals surface area contributed by atoms with Crippen molar-refractivity contribution in [3.05, 3.63) is 71.8 Å². The molecule has 3 aromatic carbocycles. The lowest BCUT2D eigenvalue weighted by atomic mass is 10.1. The van der Waals surface area contributed by atoms with Crippen LogP contribution >= 0.6 is 11.8 Å². The Labute approximate surface area is 234 Å². The molecule has 2 heterocycles. The van der Waals surface area contributed by atoms with Crippen molar-refractivity contribution in [2.24, 2.45) is 5.73 Å². The largest absolute Gasteiger partial charge is 0.493 e. The molecule has 0 aromatic heterocycles. The normalized spacial score (nSPS) is 15.9. The molecule has 0 fully saturated rings. The van der Waals surface area contributed by atoms with Crippen LogP contribution in [0.4, 0.5) is 5.69 Å². The van der Waals surface area contributed by atoms with E-state index in [1.165, 1.54) is 0 Å². The average Bonchev–Trinajstić information content (AvgIpc) is 3.42. The first-order valence-electron chi connectivity index (χ1n) is 13.2. The van der Waals surface area contributed by atoms with Crippen LogP contribution in [-0.2, 0) is 4.79 Å². The van der Waals surface area contributed by atoms with E-state index in [9.17, 15) is 4.79 Å². The topological polar surface area (TPSA) is 86.5 Å². The van der Waals surface area contributed by atoms with Crippen LogP contribution in [0.25, 0.3) is 0 Å². The molecule has 2 aliphatic rings. The zero-order chi connectivity index (χ0) is 27.2. The van der Waals surface area contributed by atoms with Crippen molar-refractivity contribution in [1.29, 1.82) is 0 Å². The maximum Gasteiger partial charge on any atom is 0.244 e. The molecule has 3 aromatic rings. The number of anilines is 1. The van der Waals surface area contributed by atoms with E-state index in [0.717, 1.165) is 65.0 Å². The van der Waals surface area contributed by atoms with Crippen molar-refractivity contribution in [2.75, 3.05) is 58.1 Å². The smallest absolute Gasteiger partial charge is 0.244 e. The fraction of sp³-hybridized carbons (Fsp3) is 0.367. The zero-order valence-electron chi connectivity index (χ0n) is 22.4. The number of para-hydroxylation sites is 1. The zero-order valence-corrected chi connectivity index (χ0v) is 23.2. The van der Waals surface area contributed by atoms with Gasteiger partial charge in [0, 0.05) is 49.8 Å². The van der Waals surface area contributed by atoms with Crippen molar-refractivity contribution >= 4 is 23.4 Å². The highest BCUT2D eigenvalue weighted by Crippen LogP contribution is 2.48. The number of carbonyl (C=O) groups excluding carboxylic acids is 1. The summed E-state index contributed by atoms with van der Waals surface area (Å²) in [4.78, 5) is 18.4. The quantitative estimate of drug-likeness (QED) is 0.327. The number of benzene rings is 3. The number of hydrogen-bond donors (Lipinski definition) is 1. The lowest BCUT2D eigenvalue weighted by molar-refractivity contribution is -0.118. The van der Waals surface area contributed by atoms with Crippen molar-refractivity contribution < 1.29 is 23.7 Å². The molecule has 5 rings (SSSR count). The minimum absolute atomic E-state index is 0.0609. The van der Waals surface area contributed by atoms with E-state index in [2.05, 4.69) is 17.0 Å². The van der Waals surface area contributed by atoms with Gasteiger partial charge in [-0.2, -0.15) is 0 Å². The average molecular weight is 550 g/mol. The first kappa shape index (κ1) is 27.2. The molecule has 8 nitrogen and oxygen atoms in total. The number of amides is 1. The van der Waals surface area contributed by atoms with E-state index in [1.54, 1.807) is 16.7 Å². The van der Waals surface area contributed by atoms with E-state index in [1.807, 2.05) is 62.5 Å². The van der Waals surface area contributed by atoms with Gasteiger partial charge < -0.3 is 29.6 Å². The van der Waals surface area contributed by atoms with Gasteiger partial charge in [0.05, 0.1) is 12.3 Å². The summed E-state index contributed by atoms with van der Waals surface area (Å²) in [5.41, 5.74) is 8.83. The van der Waals surface area contributed by atoms with Crippen molar-refractivity contribution in [1.82, 2.24) is 4.90 Å². The minimum Gasteiger partial charge on any atom is -0.493 e. The maximum absolute atomic E-state index is 13.3. The van der Waals surface area contributed by atoms with E-state index in [0.29, 0.717) is 25.5 Å². The first-order chi connectivity index (χ1) is 19.0. The summed E-state index contributed by atoms with van der Waals surface area (Å²) < 4.78 is 23.0. The molecule has 39 heavy (non-hydrogen) atoms. The summed E-state index contributed by atoms with van der Waals surface area (Å²) in [5, 5.41) is -0.345. The van der Waals surface area contributed by atoms with E-state index in [-0.39, 0.29) is 18.0 Å². The maximum atomic E-state index is 13.3. The van der Waals surface area contributed by atoms with Crippen molar-refractivity contribution in [3.8, 4) is 23.0 Å². The van der Waals surface area contributed by atoms with Crippen LogP contribution < -0.4 is 29.6 Å². The highest BCUT2D eigenvalue weighted by atomic mass is 32.2. The molecule has 0 radical (unpaired) electrons. The molecule has 1 unspecified atom stereocenters. The van der Waals surface area contributed by atoms with Crippen LogP contribution in [0.5, 0.6) is 23.0 Å². The van der Waals surface area contributed by atoms with E-state index >= 15 is 0 Å². The summed E-state index contributed by atoms with van der Waals surface area (Å²) in [6.45, 7) is 6.30. The predicted octanol–water partition coefficient (Wildman–Crippen LogP) is 4.64. The lowest BCUT2D eigenvalue weighted by Gasteiger charge is -2.32. The van der Waals surface area contributed by atoms with Crippen LogP contribution in [0, 0.1) is 6.92 Å². The Morgan fingerprint density at radius 2 is 1.85 bits per heavy atom. The number of carbonyl (C=O) groups is 1. The van der Waals surface area contributed by atoms with Crippen LogP contribution in [0.1, 0.15) is 22.8 Å². The van der Waals surface area contributed by atoms with Crippen molar-refractivity contribution in [2.45, 2.75) is 23.5 Å². The first-order valence-corrected chi connectivity index (χ1v) is 14.1. The number of ether oxygens (including phenoxy) is 4. The fourth-order valence-electron chi connectivity index (χ4n) is 4.75. The lowest BCUT2D eigenvalue weighted by Crippen LogP contribution is -2.34. The SMILES string of the molecule is Cc1ccc(OCCCN(CCN)CCOc2ccc3c(c2)OCO3)c(C2Sc3ccccc3N(C)C2=O)c1. The summed E-state index contributed by atoms with van der Waals surface area (Å²) >= 11 is 1.59. The van der Waals surface area contributed by atoms with Gasteiger partial charge in [-0.3, -0.25) is 9.69 Å². The van der Waals surface area contributed by atoms with Gasteiger partial charge in [0.25, 0.3) is 0 Å². The summed E-state index contributed by atoms with van der Waals surface area (Å²) in [7, 11) is 1.84. The molecule has 0 saturated heterocycles. The van der Waals surface area contributed by atoms with E-state index < -0.39 is 0 Å². The number of nitrogens with two attached hydrogens (primary N) is 1. The van der Waals surface area contributed by atoms with Gasteiger partial charge in [-0.25, -0.2) is 0 Å². The Morgan fingerprint density at radius 1 is 1.00 bits per heavy atom. The standard InChI is InChI=1S/C30H35N3O5S/c1-21-8-10-25(23(18-21)29-30(34)32(2)24-6-3-4-7-28(24)39-29)36-16-5-13-33(14-12-31)15-17-35-22-9-11-26-27(19-22)38-20-37-26/h3-4,6-11,18-19,29H,5,12-17,20,31H2,1-2H3. The van der Waals surface area contributed by atoms with Crippen LogP contribution in [0.3, 0.4) is 0 Å². The number of nitrogens with zero attached hydrogens (tertiary/aromatic N) is 2. The second kappa shape index (κ2) is 12.6. The van der Waals surface area contributed by atoms with Gasteiger partial charge in [0.15, 0.2) is 11.5 Å². The van der Waals surface area contributed by atoms with Crippen LogP contribution in [-0.4, -0.2) is 64.0 Å². The third-order valence-electron chi connectivity index (χ3n) is 6.82. The number of hydrogen-bond acceptors (Lipinski definition) is 8. The molecule has 0 saturated carbocycles. The van der Waals surface area contributed by atoms with Gasteiger partial charge >= 0.3 is 0 Å². The number of likely N-dealkylation sites (N-methyl/N-ethyl adjacent to an activating group) is 1. The van der Waals surface area contributed by atoms with Crippen LogP contribution in [0.15, 0.2) is 65.6 Å². The van der Waals surface area contributed by atoms with Gasteiger partial charge in [0.1, 0.15) is 23.4 Å². The van der Waals surface area contributed by atoms with Crippen LogP contribution in [0.2, 0.25) is 0 Å². The summed E-state index contributed by atoms with van der Waals surface area (Å²) in [5.74, 6) is 3.03. The fourth-order valence-corrected chi connectivity index (χ4v) is 6.06. The second-order valence-electron chi connectivity index (χ2n) is 9.60. The highest BCUT2D eigenvalue weighted by Gasteiger charge is 2.34. The number of rotatable bonds is 12. The Morgan fingerprint density at radius 3 is 2.72 bits per heavy atom. The Balaban J connectivity index is 1.15. The van der Waals surface area contributed by atoms with Gasteiger partial charge in [0.2, 0.25) is 12.7 Å². The summed E-state index contributed by atoms with van der Waals surface area (Å²) in [6.07, 6.45) is 0.825. The molecule has 2 aliphatic heterocycles. The third kappa shape index (κ3) is 6.43. The molecule has 2 N–H and O–H groups in total.